The summed E-state index contributed by atoms with van der Waals surface area (Å²) in [6.07, 6.45) is 0.694. The Bertz CT molecular complexity index is 368. The lowest BCUT2D eigenvalue weighted by molar-refractivity contribution is -0.147. The molecule has 1 aromatic rings. The van der Waals surface area contributed by atoms with Crippen molar-refractivity contribution in [3.8, 4) is 0 Å². The van der Waals surface area contributed by atoms with E-state index in [9.17, 15) is 4.79 Å². The van der Waals surface area contributed by atoms with E-state index in [0.717, 1.165) is 10.0 Å². The Kier molecular flexibility index (Phi) is 6.22. The Morgan fingerprint density at radius 2 is 2.29 bits per heavy atom. The fraction of sp³-hybridized carbons (Fsp3) is 0.462. The highest BCUT2D eigenvalue weighted by Crippen LogP contribution is 2.15. The Morgan fingerprint density at radius 3 is 2.88 bits per heavy atom. The Hall–Kier alpha value is -0.870. The molecule has 0 fully saturated rings. The summed E-state index contributed by atoms with van der Waals surface area (Å²) >= 11 is 3.43. The van der Waals surface area contributed by atoms with Crippen molar-refractivity contribution in [2.45, 2.75) is 13.3 Å². The SMILES string of the molecule is CCOC(=O)[C@H](CNC)Cc1cccc(Br)c1. The minimum absolute atomic E-state index is 0.130. The van der Waals surface area contributed by atoms with Crippen molar-refractivity contribution in [2.24, 2.45) is 5.92 Å². The van der Waals surface area contributed by atoms with Gasteiger partial charge in [-0.2, -0.15) is 0 Å². The predicted octanol–water partition coefficient (Wildman–Crippen LogP) is 2.39. The third-order valence-corrected chi connectivity index (χ3v) is 2.93. The Labute approximate surface area is 111 Å². The van der Waals surface area contributed by atoms with Crippen LogP contribution in [0.5, 0.6) is 0 Å². The van der Waals surface area contributed by atoms with Gasteiger partial charge in [0.15, 0.2) is 0 Å². The van der Waals surface area contributed by atoms with E-state index in [2.05, 4.69) is 21.2 Å². The highest BCUT2D eigenvalue weighted by atomic mass is 79.9. The van der Waals surface area contributed by atoms with Crippen LogP contribution in [0.15, 0.2) is 28.7 Å². The van der Waals surface area contributed by atoms with Crippen molar-refractivity contribution >= 4 is 21.9 Å². The zero-order valence-electron chi connectivity index (χ0n) is 10.2. The van der Waals surface area contributed by atoms with E-state index in [4.69, 9.17) is 4.74 Å². The van der Waals surface area contributed by atoms with Crippen molar-refractivity contribution < 1.29 is 9.53 Å². The summed E-state index contributed by atoms with van der Waals surface area (Å²) in [6, 6.07) is 8.00. The maximum atomic E-state index is 11.7. The van der Waals surface area contributed by atoms with Crippen molar-refractivity contribution in [3.63, 3.8) is 0 Å². The summed E-state index contributed by atoms with van der Waals surface area (Å²) in [5.41, 5.74) is 1.13. The van der Waals surface area contributed by atoms with Crippen LogP contribution in [-0.2, 0) is 16.0 Å². The molecule has 1 aromatic carbocycles. The van der Waals surface area contributed by atoms with E-state index in [1.54, 1.807) is 0 Å². The van der Waals surface area contributed by atoms with E-state index in [1.165, 1.54) is 0 Å². The number of esters is 1. The number of hydrogen-bond acceptors (Lipinski definition) is 3. The van der Waals surface area contributed by atoms with Crippen LogP contribution in [0.2, 0.25) is 0 Å². The highest BCUT2D eigenvalue weighted by Gasteiger charge is 2.19. The minimum Gasteiger partial charge on any atom is -0.466 e. The summed E-state index contributed by atoms with van der Waals surface area (Å²) in [5, 5.41) is 3.03. The molecule has 0 aliphatic rings. The summed E-state index contributed by atoms with van der Waals surface area (Å²) < 4.78 is 6.10. The lowest BCUT2D eigenvalue weighted by Crippen LogP contribution is -2.29. The first kappa shape index (κ1) is 14.2. The molecule has 17 heavy (non-hydrogen) atoms. The van der Waals surface area contributed by atoms with Gasteiger partial charge in [-0.25, -0.2) is 0 Å². The first-order valence-corrected chi connectivity index (χ1v) is 6.52. The molecule has 1 rings (SSSR count). The molecule has 0 radical (unpaired) electrons. The minimum atomic E-state index is -0.137. The van der Waals surface area contributed by atoms with Gasteiger partial charge in [0, 0.05) is 11.0 Å². The summed E-state index contributed by atoms with van der Waals surface area (Å²) in [7, 11) is 1.84. The molecule has 0 bridgehead atoms. The van der Waals surface area contributed by atoms with Crippen LogP contribution in [0.1, 0.15) is 12.5 Å². The average Bonchev–Trinajstić information content (AvgIpc) is 2.29. The van der Waals surface area contributed by atoms with Crippen LogP contribution in [0.25, 0.3) is 0 Å². The van der Waals surface area contributed by atoms with Crippen LogP contribution in [0, 0.1) is 5.92 Å². The first-order chi connectivity index (χ1) is 8.17. The normalized spacial score (nSPS) is 12.2. The number of ether oxygens (including phenoxy) is 1. The molecule has 3 nitrogen and oxygen atoms in total. The van der Waals surface area contributed by atoms with Gasteiger partial charge in [0.2, 0.25) is 0 Å². The highest BCUT2D eigenvalue weighted by molar-refractivity contribution is 9.10. The van der Waals surface area contributed by atoms with E-state index in [0.29, 0.717) is 19.6 Å². The van der Waals surface area contributed by atoms with E-state index >= 15 is 0 Å². The molecule has 0 saturated carbocycles. The number of carbonyl (C=O) groups is 1. The van der Waals surface area contributed by atoms with Gasteiger partial charge < -0.3 is 10.1 Å². The summed E-state index contributed by atoms with van der Waals surface area (Å²) in [4.78, 5) is 11.7. The van der Waals surface area contributed by atoms with E-state index in [1.807, 2.05) is 38.2 Å². The van der Waals surface area contributed by atoms with Crippen molar-refractivity contribution in [1.29, 1.82) is 0 Å². The van der Waals surface area contributed by atoms with Crippen molar-refractivity contribution in [2.75, 3.05) is 20.2 Å². The van der Waals surface area contributed by atoms with Gasteiger partial charge in [-0.3, -0.25) is 4.79 Å². The molecule has 0 aliphatic heterocycles. The van der Waals surface area contributed by atoms with Crippen molar-refractivity contribution in [1.82, 2.24) is 5.32 Å². The summed E-state index contributed by atoms with van der Waals surface area (Å²) in [6.45, 7) is 2.89. The third-order valence-electron chi connectivity index (χ3n) is 2.44. The number of nitrogens with one attached hydrogen (secondary N) is 1. The fourth-order valence-corrected chi connectivity index (χ4v) is 2.14. The van der Waals surface area contributed by atoms with Crippen LogP contribution >= 0.6 is 15.9 Å². The number of carbonyl (C=O) groups excluding carboxylic acids is 1. The van der Waals surface area contributed by atoms with E-state index in [-0.39, 0.29) is 11.9 Å². The number of halogens is 1. The lowest BCUT2D eigenvalue weighted by atomic mass is 9.99. The van der Waals surface area contributed by atoms with Crippen LogP contribution in [0.4, 0.5) is 0 Å². The molecule has 0 aromatic heterocycles. The standard InChI is InChI=1S/C13H18BrNO2/c1-3-17-13(16)11(9-15-2)7-10-5-4-6-12(14)8-10/h4-6,8,11,15H,3,7,9H2,1-2H3/t11-/m0/s1. The molecule has 0 saturated heterocycles. The van der Waals surface area contributed by atoms with Crippen LogP contribution in [0.3, 0.4) is 0 Å². The second kappa shape index (κ2) is 7.45. The molecule has 0 amide bonds. The first-order valence-electron chi connectivity index (χ1n) is 5.73. The fourth-order valence-electron chi connectivity index (χ4n) is 1.69. The van der Waals surface area contributed by atoms with Gasteiger partial charge in [-0.1, -0.05) is 28.1 Å². The largest absolute Gasteiger partial charge is 0.466 e. The quantitative estimate of drug-likeness (QED) is 0.820. The van der Waals surface area contributed by atoms with Crippen molar-refractivity contribution in [3.05, 3.63) is 34.3 Å². The van der Waals surface area contributed by atoms with Gasteiger partial charge in [-0.05, 0) is 38.1 Å². The molecule has 4 heteroatoms. The number of benzene rings is 1. The molecule has 1 N–H and O–H groups in total. The molecular formula is C13H18BrNO2. The lowest BCUT2D eigenvalue weighted by Gasteiger charge is -2.15. The Morgan fingerprint density at radius 1 is 1.53 bits per heavy atom. The molecule has 1 atom stereocenters. The average molecular weight is 300 g/mol. The molecule has 0 unspecified atom stereocenters. The molecular weight excluding hydrogens is 282 g/mol. The summed E-state index contributed by atoms with van der Waals surface area (Å²) in [5.74, 6) is -0.268. The molecule has 94 valence electrons. The van der Waals surface area contributed by atoms with Gasteiger partial charge in [0.25, 0.3) is 0 Å². The Balaban J connectivity index is 2.69. The number of rotatable bonds is 6. The topological polar surface area (TPSA) is 38.3 Å². The third kappa shape index (κ3) is 4.88. The van der Waals surface area contributed by atoms with Crippen LogP contribution in [-0.4, -0.2) is 26.2 Å². The monoisotopic (exact) mass is 299 g/mol. The maximum Gasteiger partial charge on any atom is 0.310 e. The van der Waals surface area contributed by atoms with Gasteiger partial charge in [0.1, 0.15) is 0 Å². The second-order valence-corrected chi connectivity index (χ2v) is 4.76. The zero-order valence-corrected chi connectivity index (χ0v) is 11.8. The van der Waals surface area contributed by atoms with Crippen LogP contribution < -0.4 is 5.32 Å². The second-order valence-electron chi connectivity index (χ2n) is 3.84. The maximum absolute atomic E-state index is 11.7. The smallest absolute Gasteiger partial charge is 0.310 e. The van der Waals surface area contributed by atoms with Gasteiger partial charge >= 0.3 is 5.97 Å². The zero-order chi connectivity index (χ0) is 12.7. The van der Waals surface area contributed by atoms with E-state index < -0.39 is 0 Å². The molecule has 0 aliphatic carbocycles. The molecule has 0 spiro atoms. The number of hydrogen-bond donors (Lipinski definition) is 1. The van der Waals surface area contributed by atoms with Gasteiger partial charge in [-0.15, -0.1) is 0 Å². The van der Waals surface area contributed by atoms with Gasteiger partial charge in [0.05, 0.1) is 12.5 Å². The molecule has 0 heterocycles. The predicted molar refractivity (Wildman–Crippen MR) is 71.9 cm³/mol.